The Balaban J connectivity index is 0.00000240. The van der Waals surface area contributed by atoms with Gasteiger partial charge in [-0.05, 0) is 24.1 Å². The Kier molecular flexibility index (Phi) is 6.93. The van der Waals surface area contributed by atoms with Crippen LogP contribution in [-0.2, 0) is 17.8 Å². The van der Waals surface area contributed by atoms with Crippen molar-refractivity contribution in [3.63, 3.8) is 0 Å². The van der Waals surface area contributed by atoms with E-state index in [2.05, 4.69) is 48.4 Å². The first-order valence-corrected chi connectivity index (χ1v) is 10.1. The number of fused-ring (bicyclic) bond motifs is 1. The van der Waals surface area contributed by atoms with E-state index in [1.807, 2.05) is 17.0 Å². The van der Waals surface area contributed by atoms with Gasteiger partial charge in [-0.2, -0.15) is 4.98 Å². The van der Waals surface area contributed by atoms with Crippen LogP contribution in [0.2, 0.25) is 0 Å². The summed E-state index contributed by atoms with van der Waals surface area (Å²) in [7, 11) is 2.08. The van der Waals surface area contributed by atoms with Gasteiger partial charge in [-0.3, -0.25) is 9.69 Å². The highest BCUT2D eigenvalue weighted by Gasteiger charge is 2.35. The predicted octanol–water partition coefficient (Wildman–Crippen LogP) is 2.74. The first-order valence-electron chi connectivity index (χ1n) is 10.1. The van der Waals surface area contributed by atoms with Gasteiger partial charge in [-0.1, -0.05) is 43.3 Å². The fourth-order valence-corrected chi connectivity index (χ4v) is 4.08. The summed E-state index contributed by atoms with van der Waals surface area (Å²) in [4.78, 5) is 21.9. The molecule has 3 heterocycles. The van der Waals surface area contributed by atoms with E-state index in [-0.39, 0.29) is 30.4 Å². The highest BCUT2D eigenvalue weighted by Crippen LogP contribution is 2.34. The molecule has 0 bridgehead atoms. The van der Waals surface area contributed by atoms with E-state index in [4.69, 9.17) is 9.51 Å². The van der Waals surface area contributed by atoms with E-state index in [9.17, 15) is 4.79 Å². The second-order valence-corrected chi connectivity index (χ2v) is 8.30. The van der Waals surface area contributed by atoms with Crippen molar-refractivity contribution < 1.29 is 9.32 Å². The molecule has 1 N–H and O–H groups in total. The molecule has 1 saturated heterocycles. The van der Waals surface area contributed by atoms with Gasteiger partial charge in [0, 0.05) is 39.0 Å². The standard InChI is InChI=1S/C21H29N5O2.ClH/c1-14(2)10-19(27)26-13-16-7-5-4-6-15(16)11-17(26)21-23-20(24-28-21)18-12-22-8-9-25(18)3;/h4-7,14,17-18,22H,8-13H2,1-3H3;1H. The van der Waals surface area contributed by atoms with Gasteiger partial charge >= 0.3 is 0 Å². The van der Waals surface area contributed by atoms with Crippen LogP contribution in [0.25, 0.3) is 0 Å². The molecule has 1 aromatic carbocycles. The van der Waals surface area contributed by atoms with Crippen molar-refractivity contribution in [3.8, 4) is 0 Å². The zero-order valence-electron chi connectivity index (χ0n) is 17.3. The lowest BCUT2D eigenvalue weighted by Gasteiger charge is -2.35. The third kappa shape index (κ3) is 4.63. The number of aromatic nitrogens is 2. The number of piperazine rings is 1. The van der Waals surface area contributed by atoms with Crippen molar-refractivity contribution in [1.29, 1.82) is 0 Å². The minimum absolute atomic E-state index is 0. The number of carbonyl (C=O) groups excluding carboxylic acids is 1. The Morgan fingerprint density at radius 1 is 1.28 bits per heavy atom. The first kappa shape index (κ1) is 21.7. The molecule has 2 atom stereocenters. The molecule has 4 rings (SSSR count). The van der Waals surface area contributed by atoms with Crippen molar-refractivity contribution in [2.75, 3.05) is 26.7 Å². The largest absolute Gasteiger partial charge is 0.337 e. The number of hydrogen-bond donors (Lipinski definition) is 1. The normalized spacial score (nSPS) is 22.3. The lowest BCUT2D eigenvalue weighted by molar-refractivity contribution is -0.136. The van der Waals surface area contributed by atoms with Gasteiger partial charge in [0.05, 0.1) is 6.04 Å². The van der Waals surface area contributed by atoms with E-state index in [0.717, 1.165) is 19.6 Å². The summed E-state index contributed by atoms with van der Waals surface area (Å²) in [5.41, 5.74) is 2.45. The number of likely N-dealkylation sites (N-methyl/N-ethyl adjacent to an activating group) is 1. The molecule has 2 aliphatic heterocycles. The van der Waals surface area contributed by atoms with Crippen molar-refractivity contribution in [3.05, 3.63) is 47.1 Å². The number of benzene rings is 1. The maximum atomic E-state index is 13.0. The average Bonchev–Trinajstić information content (AvgIpc) is 3.16. The summed E-state index contributed by atoms with van der Waals surface area (Å²) in [5, 5.41) is 7.66. The summed E-state index contributed by atoms with van der Waals surface area (Å²) in [6.07, 6.45) is 1.23. The molecule has 1 fully saturated rings. The summed E-state index contributed by atoms with van der Waals surface area (Å²) in [6.45, 7) is 7.45. The maximum absolute atomic E-state index is 13.0. The lowest BCUT2D eigenvalue weighted by atomic mass is 9.93. The van der Waals surface area contributed by atoms with Gasteiger partial charge in [-0.25, -0.2) is 0 Å². The van der Waals surface area contributed by atoms with Crippen LogP contribution in [0.3, 0.4) is 0 Å². The molecule has 8 heteroatoms. The molecular weight excluding hydrogens is 390 g/mol. The van der Waals surface area contributed by atoms with E-state index in [0.29, 0.717) is 37.0 Å². The first-order chi connectivity index (χ1) is 13.5. The maximum Gasteiger partial charge on any atom is 0.249 e. The van der Waals surface area contributed by atoms with Crippen LogP contribution in [-0.4, -0.2) is 52.5 Å². The minimum atomic E-state index is -0.204. The summed E-state index contributed by atoms with van der Waals surface area (Å²) in [6, 6.07) is 8.20. The van der Waals surface area contributed by atoms with E-state index in [1.165, 1.54) is 11.1 Å². The molecule has 0 saturated carbocycles. The monoisotopic (exact) mass is 419 g/mol. The topological polar surface area (TPSA) is 74.5 Å². The number of nitrogens with zero attached hydrogens (tertiary/aromatic N) is 4. The minimum Gasteiger partial charge on any atom is -0.337 e. The molecule has 2 aliphatic rings. The fourth-order valence-electron chi connectivity index (χ4n) is 4.08. The molecule has 0 aliphatic carbocycles. The molecular formula is C21H30ClN5O2. The Hall–Kier alpha value is -1.96. The smallest absolute Gasteiger partial charge is 0.249 e. The molecule has 7 nitrogen and oxygen atoms in total. The van der Waals surface area contributed by atoms with Crippen LogP contribution in [0, 0.1) is 5.92 Å². The number of nitrogens with one attached hydrogen (secondary N) is 1. The molecule has 1 aromatic heterocycles. The number of halogens is 1. The van der Waals surface area contributed by atoms with Crippen molar-refractivity contribution >= 4 is 18.3 Å². The molecule has 1 amide bonds. The van der Waals surface area contributed by atoms with Crippen molar-refractivity contribution in [1.82, 2.24) is 25.3 Å². The van der Waals surface area contributed by atoms with E-state index >= 15 is 0 Å². The van der Waals surface area contributed by atoms with Gasteiger partial charge in [0.1, 0.15) is 6.04 Å². The van der Waals surface area contributed by atoms with Gasteiger partial charge in [0.2, 0.25) is 11.8 Å². The van der Waals surface area contributed by atoms with Crippen LogP contribution in [0.5, 0.6) is 0 Å². The van der Waals surface area contributed by atoms with Gasteiger partial charge in [0.25, 0.3) is 0 Å². The Labute approximate surface area is 178 Å². The number of amides is 1. The molecule has 2 unspecified atom stereocenters. The SMILES string of the molecule is CC(C)CC(=O)N1Cc2ccccc2CC1c1nc(C2CNCCN2C)no1.Cl. The quantitative estimate of drug-likeness (QED) is 0.821. The molecule has 0 spiro atoms. The average molecular weight is 420 g/mol. The summed E-state index contributed by atoms with van der Waals surface area (Å²) in [5.74, 6) is 1.69. The van der Waals surface area contributed by atoms with Crippen molar-refractivity contribution in [2.45, 2.75) is 45.3 Å². The zero-order valence-corrected chi connectivity index (χ0v) is 18.1. The molecule has 2 aromatic rings. The molecule has 158 valence electrons. The van der Waals surface area contributed by atoms with Crippen LogP contribution in [0.1, 0.15) is 55.2 Å². The Morgan fingerprint density at radius 2 is 2.03 bits per heavy atom. The zero-order chi connectivity index (χ0) is 19.7. The lowest BCUT2D eigenvalue weighted by Crippen LogP contribution is -2.44. The summed E-state index contributed by atoms with van der Waals surface area (Å²) >= 11 is 0. The van der Waals surface area contributed by atoms with E-state index in [1.54, 1.807) is 0 Å². The van der Waals surface area contributed by atoms with Crippen molar-refractivity contribution in [2.24, 2.45) is 5.92 Å². The third-order valence-corrected chi connectivity index (χ3v) is 5.70. The van der Waals surface area contributed by atoms with Crippen LogP contribution in [0.15, 0.2) is 28.8 Å². The van der Waals surface area contributed by atoms with Crippen LogP contribution in [0.4, 0.5) is 0 Å². The van der Waals surface area contributed by atoms with Gasteiger partial charge < -0.3 is 14.7 Å². The number of carbonyl (C=O) groups is 1. The third-order valence-electron chi connectivity index (χ3n) is 5.70. The summed E-state index contributed by atoms with van der Waals surface area (Å²) < 4.78 is 5.70. The Bertz CT molecular complexity index is 840. The number of hydrogen-bond acceptors (Lipinski definition) is 6. The molecule has 29 heavy (non-hydrogen) atoms. The van der Waals surface area contributed by atoms with Gasteiger partial charge in [0.15, 0.2) is 5.82 Å². The van der Waals surface area contributed by atoms with Crippen LogP contribution < -0.4 is 5.32 Å². The fraction of sp³-hybridized carbons (Fsp3) is 0.571. The predicted molar refractivity (Wildman–Crippen MR) is 113 cm³/mol. The second-order valence-electron chi connectivity index (χ2n) is 8.30. The van der Waals surface area contributed by atoms with Gasteiger partial charge in [-0.15, -0.1) is 12.4 Å². The highest BCUT2D eigenvalue weighted by atomic mass is 35.5. The van der Waals surface area contributed by atoms with Crippen LogP contribution >= 0.6 is 12.4 Å². The Morgan fingerprint density at radius 3 is 2.76 bits per heavy atom. The second kappa shape index (κ2) is 9.24. The highest BCUT2D eigenvalue weighted by molar-refractivity contribution is 5.85. The number of rotatable bonds is 4. The van der Waals surface area contributed by atoms with E-state index < -0.39 is 0 Å². The molecule has 0 radical (unpaired) electrons.